The lowest BCUT2D eigenvalue weighted by molar-refractivity contribution is -0.121. The number of carbonyl (C=O) groups excluding carboxylic acids is 1. The molecule has 1 unspecified atom stereocenters. The van der Waals surface area contributed by atoms with Crippen molar-refractivity contribution in [2.45, 2.75) is 63.4 Å². The smallest absolute Gasteiger partial charge is 0.241 e. The third-order valence-corrected chi connectivity index (χ3v) is 6.93. The van der Waals surface area contributed by atoms with E-state index in [1.54, 1.807) is 13.8 Å². The molecule has 1 atom stereocenters. The summed E-state index contributed by atoms with van der Waals surface area (Å²) in [5.74, 6) is -0.0901. The maximum atomic E-state index is 12.6. The van der Waals surface area contributed by atoms with Crippen molar-refractivity contribution in [2.75, 3.05) is 19.6 Å². The summed E-state index contributed by atoms with van der Waals surface area (Å²) in [5, 5.41) is 3.03. The maximum absolute atomic E-state index is 12.6. The SMILES string of the molecule is Cc1cc(C)c(S(=O)(=O)NCCC(=O)NC2CCN(C3CC3)C2)c(C)c1. The van der Waals surface area contributed by atoms with Crippen LogP contribution in [0.4, 0.5) is 0 Å². The summed E-state index contributed by atoms with van der Waals surface area (Å²) < 4.78 is 27.7. The molecule has 0 spiro atoms. The molecule has 1 saturated carbocycles. The summed E-state index contributed by atoms with van der Waals surface area (Å²) in [6.45, 7) is 7.62. The van der Waals surface area contributed by atoms with Crippen molar-refractivity contribution in [3.8, 4) is 0 Å². The van der Waals surface area contributed by atoms with Crippen molar-refractivity contribution in [3.63, 3.8) is 0 Å². The fourth-order valence-electron chi connectivity index (χ4n) is 3.94. The molecule has 6 nitrogen and oxygen atoms in total. The molecule has 1 amide bonds. The minimum atomic E-state index is -3.61. The third-order valence-electron chi connectivity index (χ3n) is 5.17. The molecule has 1 aliphatic heterocycles. The number of hydrogen-bond acceptors (Lipinski definition) is 4. The van der Waals surface area contributed by atoms with Crippen LogP contribution in [0.5, 0.6) is 0 Å². The van der Waals surface area contributed by atoms with E-state index in [1.807, 2.05) is 19.1 Å². The van der Waals surface area contributed by atoms with E-state index >= 15 is 0 Å². The van der Waals surface area contributed by atoms with Gasteiger partial charge in [-0.25, -0.2) is 13.1 Å². The summed E-state index contributed by atoms with van der Waals surface area (Å²) in [6.07, 6.45) is 3.69. The molecule has 1 aromatic rings. The van der Waals surface area contributed by atoms with Gasteiger partial charge >= 0.3 is 0 Å². The summed E-state index contributed by atoms with van der Waals surface area (Å²) in [7, 11) is -3.61. The molecule has 0 radical (unpaired) electrons. The van der Waals surface area contributed by atoms with Crippen molar-refractivity contribution in [1.29, 1.82) is 0 Å². The van der Waals surface area contributed by atoms with E-state index in [-0.39, 0.29) is 24.9 Å². The van der Waals surface area contributed by atoms with Gasteiger partial charge in [0.1, 0.15) is 0 Å². The average molecular weight is 380 g/mol. The minimum Gasteiger partial charge on any atom is -0.352 e. The Morgan fingerprint density at radius 1 is 1.15 bits per heavy atom. The molecule has 2 N–H and O–H groups in total. The van der Waals surface area contributed by atoms with E-state index < -0.39 is 10.0 Å². The zero-order valence-corrected chi connectivity index (χ0v) is 16.7. The van der Waals surface area contributed by atoms with Crippen LogP contribution in [-0.4, -0.2) is 50.9 Å². The van der Waals surface area contributed by atoms with Gasteiger partial charge in [0, 0.05) is 38.1 Å². The second kappa shape index (κ2) is 7.66. The molecule has 3 rings (SSSR count). The van der Waals surface area contributed by atoms with Crippen LogP contribution < -0.4 is 10.0 Å². The summed E-state index contributed by atoms with van der Waals surface area (Å²) >= 11 is 0. The molecule has 2 aliphatic rings. The second-order valence-corrected chi connectivity index (χ2v) is 9.36. The molecular weight excluding hydrogens is 350 g/mol. The van der Waals surface area contributed by atoms with Crippen molar-refractivity contribution in [2.24, 2.45) is 0 Å². The molecule has 7 heteroatoms. The van der Waals surface area contributed by atoms with Gasteiger partial charge in [0.25, 0.3) is 0 Å². The van der Waals surface area contributed by atoms with E-state index in [9.17, 15) is 13.2 Å². The average Bonchev–Trinajstić information content (AvgIpc) is 3.26. The number of likely N-dealkylation sites (tertiary alicyclic amines) is 1. The molecule has 0 aromatic heterocycles. The normalized spacial score (nSPS) is 21.1. The van der Waals surface area contributed by atoms with E-state index in [2.05, 4.69) is 14.9 Å². The highest BCUT2D eigenvalue weighted by Crippen LogP contribution is 2.29. The largest absolute Gasteiger partial charge is 0.352 e. The lowest BCUT2D eigenvalue weighted by Crippen LogP contribution is -2.39. The van der Waals surface area contributed by atoms with Crippen LogP contribution in [-0.2, 0) is 14.8 Å². The Kier molecular flexibility index (Phi) is 5.69. The maximum Gasteiger partial charge on any atom is 0.241 e. The number of benzene rings is 1. The van der Waals surface area contributed by atoms with Crippen LogP contribution in [0.15, 0.2) is 17.0 Å². The predicted octanol–water partition coefficient (Wildman–Crippen LogP) is 1.63. The van der Waals surface area contributed by atoms with Gasteiger partial charge in [0.2, 0.25) is 15.9 Å². The summed E-state index contributed by atoms with van der Waals surface area (Å²) in [6, 6.07) is 4.64. The number of nitrogens with zero attached hydrogens (tertiary/aromatic N) is 1. The van der Waals surface area contributed by atoms with Gasteiger partial charge in [0.15, 0.2) is 0 Å². The second-order valence-electron chi connectivity index (χ2n) is 7.65. The zero-order valence-electron chi connectivity index (χ0n) is 15.8. The number of rotatable bonds is 7. The molecule has 1 heterocycles. The van der Waals surface area contributed by atoms with Gasteiger partial charge < -0.3 is 5.32 Å². The van der Waals surface area contributed by atoms with E-state index in [1.165, 1.54) is 12.8 Å². The predicted molar refractivity (Wildman–Crippen MR) is 102 cm³/mol. The number of hydrogen-bond donors (Lipinski definition) is 2. The van der Waals surface area contributed by atoms with Crippen LogP contribution in [0.25, 0.3) is 0 Å². The lowest BCUT2D eigenvalue weighted by atomic mass is 10.1. The van der Waals surface area contributed by atoms with E-state index in [4.69, 9.17) is 0 Å². The topological polar surface area (TPSA) is 78.5 Å². The van der Waals surface area contributed by atoms with Gasteiger partial charge in [-0.05, 0) is 51.2 Å². The number of aryl methyl sites for hydroxylation is 3. The van der Waals surface area contributed by atoms with Crippen LogP contribution >= 0.6 is 0 Å². The molecule has 1 aliphatic carbocycles. The van der Waals surface area contributed by atoms with Gasteiger partial charge in [-0.2, -0.15) is 0 Å². The number of amides is 1. The first-order valence-electron chi connectivity index (χ1n) is 9.37. The van der Waals surface area contributed by atoms with Gasteiger partial charge in [-0.3, -0.25) is 9.69 Å². The molecular formula is C19H29N3O3S. The standard InChI is InChI=1S/C19H29N3O3S/c1-13-10-14(2)19(15(3)11-13)26(24,25)20-8-6-18(23)21-16-7-9-22(12-16)17-4-5-17/h10-11,16-17,20H,4-9,12H2,1-3H3,(H,21,23). The molecule has 144 valence electrons. The van der Waals surface area contributed by atoms with Crippen LogP contribution in [0.2, 0.25) is 0 Å². The Bertz CT molecular complexity index is 764. The van der Waals surface area contributed by atoms with Gasteiger partial charge in [-0.1, -0.05) is 17.7 Å². The highest BCUT2D eigenvalue weighted by molar-refractivity contribution is 7.89. The third kappa shape index (κ3) is 4.64. The van der Waals surface area contributed by atoms with Crippen molar-refractivity contribution >= 4 is 15.9 Å². The zero-order chi connectivity index (χ0) is 18.9. The summed E-state index contributed by atoms with van der Waals surface area (Å²) in [5.41, 5.74) is 2.49. The quantitative estimate of drug-likeness (QED) is 0.755. The van der Waals surface area contributed by atoms with Crippen molar-refractivity contribution in [3.05, 3.63) is 28.8 Å². The lowest BCUT2D eigenvalue weighted by Gasteiger charge is -2.16. The fourth-order valence-corrected chi connectivity index (χ4v) is 5.42. The molecule has 1 saturated heterocycles. The first-order chi connectivity index (χ1) is 12.3. The first-order valence-corrected chi connectivity index (χ1v) is 10.9. The Morgan fingerprint density at radius 2 is 1.81 bits per heavy atom. The highest BCUT2D eigenvalue weighted by atomic mass is 32.2. The summed E-state index contributed by atoms with van der Waals surface area (Å²) in [4.78, 5) is 14.9. The number of sulfonamides is 1. The highest BCUT2D eigenvalue weighted by Gasteiger charge is 2.34. The monoisotopic (exact) mass is 379 g/mol. The van der Waals surface area contributed by atoms with Crippen LogP contribution in [0, 0.1) is 20.8 Å². The van der Waals surface area contributed by atoms with Crippen LogP contribution in [0.3, 0.4) is 0 Å². The fraction of sp³-hybridized carbons (Fsp3) is 0.632. The van der Waals surface area contributed by atoms with Crippen LogP contribution in [0.1, 0.15) is 42.4 Å². The molecule has 26 heavy (non-hydrogen) atoms. The van der Waals surface area contributed by atoms with Gasteiger partial charge in [-0.15, -0.1) is 0 Å². The molecule has 0 bridgehead atoms. The van der Waals surface area contributed by atoms with E-state index in [0.717, 1.165) is 42.2 Å². The Morgan fingerprint density at radius 3 is 2.42 bits per heavy atom. The number of nitrogens with one attached hydrogen (secondary N) is 2. The van der Waals surface area contributed by atoms with Crippen molar-refractivity contribution in [1.82, 2.24) is 14.9 Å². The molecule has 1 aromatic carbocycles. The minimum absolute atomic E-state index is 0.0901. The van der Waals surface area contributed by atoms with Crippen molar-refractivity contribution < 1.29 is 13.2 Å². The Balaban J connectivity index is 1.48. The Hall–Kier alpha value is -1.44. The number of carbonyl (C=O) groups is 1. The van der Waals surface area contributed by atoms with E-state index in [0.29, 0.717) is 4.90 Å². The Labute approximate surface area is 156 Å². The van der Waals surface area contributed by atoms with Gasteiger partial charge in [0.05, 0.1) is 4.90 Å². The first kappa shape index (κ1) is 19.3. The molecule has 2 fully saturated rings.